The summed E-state index contributed by atoms with van der Waals surface area (Å²) in [6, 6.07) is 5.37. The van der Waals surface area contributed by atoms with Gasteiger partial charge in [0.05, 0.1) is 0 Å². The highest BCUT2D eigenvalue weighted by Gasteiger charge is 2.42. The van der Waals surface area contributed by atoms with E-state index in [2.05, 4.69) is 140 Å². The lowest BCUT2D eigenvalue weighted by molar-refractivity contribution is 0.0853. The summed E-state index contributed by atoms with van der Waals surface area (Å²) in [5.74, 6) is 6.45. The first-order valence-corrected chi connectivity index (χ1v) is 27.5. The van der Waals surface area contributed by atoms with E-state index in [0.29, 0.717) is 11.6 Å². The maximum absolute atomic E-state index is 11.6. The highest BCUT2D eigenvalue weighted by atomic mass is 79.9. The number of nitrogens with zero attached hydrogens (tertiary/aromatic N) is 1. The van der Waals surface area contributed by atoms with Crippen molar-refractivity contribution in [3.63, 3.8) is 0 Å². The first-order valence-electron chi connectivity index (χ1n) is 22.2. The molecule has 3 aliphatic carbocycles. The number of pyridine rings is 1. The van der Waals surface area contributed by atoms with Gasteiger partial charge in [-0.3, -0.25) is 9.78 Å². The molecule has 3 saturated carbocycles. The van der Waals surface area contributed by atoms with E-state index in [0.717, 1.165) is 45.1 Å². The highest BCUT2D eigenvalue weighted by Crippen LogP contribution is 2.42. The van der Waals surface area contributed by atoms with Crippen molar-refractivity contribution >= 4 is 37.9 Å². The fourth-order valence-corrected chi connectivity index (χ4v) is 20.3. The molecule has 0 saturated heterocycles. The third-order valence-corrected chi connectivity index (χ3v) is 25.4. The minimum absolute atomic E-state index is 0.0862. The van der Waals surface area contributed by atoms with Gasteiger partial charge in [-0.2, -0.15) is 0 Å². The van der Waals surface area contributed by atoms with Gasteiger partial charge in [0, 0.05) is 33.5 Å². The van der Waals surface area contributed by atoms with E-state index in [-0.39, 0.29) is 11.2 Å². The Balaban J connectivity index is 0.000000704. The average molecular weight is 843 g/mol. The maximum atomic E-state index is 11.6. The maximum Gasteiger partial charge on any atom is 0.186 e. The van der Waals surface area contributed by atoms with Crippen LogP contribution in [0.4, 0.5) is 0 Å². The summed E-state index contributed by atoms with van der Waals surface area (Å²) in [6.45, 7) is 38.8. The predicted molar refractivity (Wildman–Crippen MR) is 252 cm³/mol. The molecule has 1 aromatic rings. The topological polar surface area (TPSA) is 30.0 Å². The van der Waals surface area contributed by atoms with E-state index in [1.807, 2.05) is 26.8 Å². The van der Waals surface area contributed by atoms with Crippen molar-refractivity contribution in [1.29, 1.82) is 0 Å². The Bertz CT molecular complexity index is 1220. The van der Waals surface area contributed by atoms with Crippen LogP contribution in [-0.2, 0) is 0 Å². The second kappa shape index (κ2) is 26.7. The molecule has 0 N–H and O–H groups in total. The Morgan fingerprint density at radius 1 is 0.648 bits per heavy atom. The lowest BCUT2D eigenvalue weighted by Gasteiger charge is -2.38. The van der Waals surface area contributed by atoms with Crippen LogP contribution >= 0.6 is 15.9 Å². The zero-order valence-electron chi connectivity index (χ0n) is 38.7. The van der Waals surface area contributed by atoms with Gasteiger partial charge in [-0.25, -0.2) is 0 Å². The van der Waals surface area contributed by atoms with Crippen LogP contribution in [0, 0.1) is 45.0 Å². The largest absolute Gasteiger partial charge is 0.292 e. The van der Waals surface area contributed by atoms with Crippen molar-refractivity contribution in [3.05, 3.63) is 30.1 Å². The number of Topliss-reactive ketones (excluding diaryl/α,β-unsaturated/α-hetero) is 1. The Morgan fingerprint density at radius 2 is 1.07 bits per heavy atom. The van der Waals surface area contributed by atoms with Gasteiger partial charge in [-0.05, 0) is 74.9 Å². The van der Waals surface area contributed by atoms with Crippen molar-refractivity contribution in [2.24, 2.45) is 23.2 Å². The van der Waals surface area contributed by atoms with Gasteiger partial charge in [0.2, 0.25) is 0 Å². The monoisotopic (exact) mass is 842 g/mol. The van der Waals surface area contributed by atoms with Crippen molar-refractivity contribution in [2.75, 3.05) is 0 Å². The Kier molecular flexibility index (Phi) is 26.1. The van der Waals surface area contributed by atoms with E-state index in [1.165, 1.54) is 77.0 Å². The molecule has 1 aromatic heterocycles. The zero-order chi connectivity index (χ0) is 41.7. The second-order valence-corrected chi connectivity index (χ2v) is 31.4. The number of carbonyl (C=O) groups is 1. The van der Waals surface area contributed by atoms with E-state index in [1.54, 1.807) is 18.3 Å². The summed E-state index contributed by atoms with van der Waals surface area (Å²) in [5, 5.41) is 0. The Hall–Kier alpha value is -1.15. The van der Waals surface area contributed by atoms with Crippen molar-refractivity contribution in [1.82, 2.24) is 4.98 Å². The van der Waals surface area contributed by atoms with Crippen molar-refractivity contribution < 1.29 is 4.79 Å². The van der Waals surface area contributed by atoms with Crippen LogP contribution in [-0.4, -0.2) is 26.9 Å². The molecule has 2 atom stereocenters. The number of hydrogen-bond donors (Lipinski definition) is 0. The molecule has 3 fully saturated rings. The number of aromatic nitrogens is 1. The molecule has 5 heteroatoms. The highest BCUT2D eigenvalue weighted by molar-refractivity contribution is 9.12. The molecule has 0 spiro atoms. The fourth-order valence-electron chi connectivity index (χ4n) is 8.93. The molecule has 310 valence electrons. The molecule has 0 aromatic carbocycles. The van der Waals surface area contributed by atoms with E-state index < -0.39 is 16.1 Å². The molecule has 3 aliphatic rings. The minimum Gasteiger partial charge on any atom is -0.292 e. The van der Waals surface area contributed by atoms with Crippen LogP contribution in [0.2, 0.25) is 33.2 Å². The first kappa shape index (κ1) is 52.9. The van der Waals surface area contributed by atoms with Crippen LogP contribution in [0.3, 0.4) is 0 Å². The third kappa shape index (κ3) is 18.9. The van der Waals surface area contributed by atoms with Gasteiger partial charge in [0.25, 0.3) is 0 Å². The predicted octanol–water partition coefficient (Wildman–Crippen LogP) is 16.7. The molecule has 0 amide bonds. The fraction of sp³-hybridized carbons (Fsp3) is 0.796. The third-order valence-electron chi connectivity index (χ3n) is 12.3. The second-order valence-electron chi connectivity index (χ2n) is 19.8. The van der Waals surface area contributed by atoms with Crippen LogP contribution < -0.4 is 0 Å². The van der Waals surface area contributed by atoms with Gasteiger partial charge in [0.1, 0.15) is 21.8 Å². The SMILES string of the molecule is C1CC1.CC(C)(C)C(=O)c1ccccn1.CC(C)[Si](C#CBr)(C(C)C)C(C)C.CC1CCCC(C#C[Si](C(C)C)(C(C)C)C(C)C)C1.CC1CCCCC1. The van der Waals surface area contributed by atoms with Crippen LogP contribution in [0.1, 0.15) is 205 Å². The van der Waals surface area contributed by atoms with Crippen LogP contribution in [0.15, 0.2) is 24.4 Å². The number of ketones is 1. The number of rotatable bonds is 7. The molecule has 1 heterocycles. The lowest BCUT2D eigenvalue weighted by atomic mass is 9.83. The average Bonchev–Trinajstić information content (AvgIpc) is 3.98. The molecular formula is C49H88BrNOSi2. The molecule has 0 bridgehead atoms. The van der Waals surface area contributed by atoms with Gasteiger partial charge in [-0.15, -0.1) is 17.0 Å². The van der Waals surface area contributed by atoms with Crippen LogP contribution in [0.5, 0.6) is 0 Å². The van der Waals surface area contributed by atoms with E-state index in [4.69, 9.17) is 0 Å². The van der Waals surface area contributed by atoms with Crippen molar-refractivity contribution in [3.8, 4) is 21.8 Å². The molecule has 0 aliphatic heterocycles. The van der Waals surface area contributed by atoms with E-state index >= 15 is 0 Å². The molecular weight excluding hydrogens is 755 g/mol. The number of halogens is 1. The molecule has 54 heavy (non-hydrogen) atoms. The summed E-state index contributed by atoms with van der Waals surface area (Å²) in [5.41, 5.74) is 12.1. The standard InChI is InChI=1S/C18H34Si.C11H21BrSi.C10H13NO.C7H14.C3H6/c1-14(2)19(15(3)4,16(5)6)12-11-18-10-8-9-17(7)13-18;1-9(2)13(8-7-12,10(3)4)11(5)6;1-10(2,3)9(12)8-6-4-5-7-11-8;1-7-5-3-2-4-6-7;1-2-3-1/h14-18H,8-10,13H2,1-7H3;9-11H,1-6H3;4-7H,1-3H3;7H,2-6H2,1H3;1-3H2. The first-order chi connectivity index (χ1) is 25.1. The lowest BCUT2D eigenvalue weighted by Crippen LogP contribution is -2.43. The van der Waals surface area contributed by atoms with Gasteiger partial charge in [-0.1, -0.05) is 188 Å². The summed E-state index contributed by atoms with van der Waals surface area (Å²) in [6.07, 6.45) is 19.1. The minimum atomic E-state index is -1.49. The zero-order valence-corrected chi connectivity index (χ0v) is 42.3. The van der Waals surface area contributed by atoms with Crippen molar-refractivity contribution in [2.45, 2.75) is 228 Å². The summed E-state index contributed by atoms with van der Waals surface area (Å²) in [4.78, 5) is 18.6. The summed E-state index contributed by atoms with van der Waals surface area (Å²) >= 11 is 3.26. The molecule has 4 rings (SSSR count). The van der Waals surface area contributed by atoms with E-state index in [9.17, 15) is 4.79 Å². The Morgan fingerprint density at radius 3 is 1.37 bits per heavy atom. The van der Waals surface area contributed by atoms with Crippen LogP contribution in [0.25, 0.3) is 0 Å². The Labute approximate surface area is 349 Å². The quantitative estimate of drug-likeness (QED) is 0.155. The van der Waals surface area contributed by atoms with Gasteiger partial charge in [0.15, 0.2) is 5.78 Å². The molecule has 2 unspecified atom stereocenters. The number of hydrogen-bond acceptors (Lipinski definition) is 2. The summed E-state index contributed by atoms with van der Waals surface area (Å²) in [7, 11) is -2.93. The summed E-state index contributed by atoms with van der Waals surface area (Å²) < 4.78 is 0. The molecule has 2 nitrogen and oxygen atoms in total. The smallest absolute Gasteiger partial charge is 0.186 e. The van der Waals surface area contributed by atoms with Gasteiger partial charge >= 0.3 is 0 Å². The normalized spacial score (nSPS) is 18.7. The van der Waals surface area contributed by atoms with Gasteiger partial charge < -0.3 is 0 Å². The molecule has 0 radical (unpaired) electrons. The number of carbonyl (C=O) groups excluding carboxylic acids is 1.